The molecule has 0 saturated heterocycles. The van der Waals surface area contributed by atoms with Gasteiger partial charge in [-0.05, 0) is 66.0 Å². The van der Waals surface area contributed by atoms with Crippen LogP contribution in [0.4, 0.5) is 5.82 Å². The van der Waals surface area contributed by atoms with Crippen LogP contribution in [0.5, 0.6) is 17.2 Å². The van der Waals surface area contributed by atoms with Crippen LogP contribution in [0.3, 0.4) is 0 Å². The van der Waals surface area contributed by atoms with Crippen LogP contribution in [0, 0.1) is 6.92 Å². The monoisotopic (exact) mass is 425 g/mol. The predicted molar refractivity (Wildman–Crippen MR) is 117 cm³/mol. The number of benzene rings is 2. The van der Waals surface area contributed by atoms with E-state index < -0.39 is 0 Å². The molecule has 0 aliphatic carbocycles. The van der Waals surface area contributed by atoms with E-state index in [-0.39, 0.29) is 18.3 Å². The summed E-state index contributed by atoms with van der Waals surface area (Å²) in [5.74, 6) is 1.72. The summed E-state index contributed by atoms with van der Waals surface area (Å²) in [7, 11) is 0. The summed E-state index contributed by atoms with van der Waals surface area (Å²) < 4.78 is 22.0. The summed E-state index contributed by atoms with van der Waals surface area (Å²) in [4.78, 5) is 12.3. The van der Waals surface area contributed by atoms with Gasteiger partial charge in [0.2, 0.25) is 5.82 Å². The molecule has 0 saturated carbocycles. The third-order valence-electron chi connectivity index (χ3n) is 4.25. The first-order valence-corrected chi connectivity index (χ1v) is 10.3. The Bertz CT molecular complexity index is 1000. The number of nitrogens with one attached hydrogen (secondary N) is 1. The molecule has 0 spiro atoms. The highest BCUT2D eigenvalue weighted by Gasteiger charge is 2.18. The lowest BCUT2D eigenvalue weighted by atomic mass is 10.1. The maximum absolute atomic E-state index is 12.3. The van der Waals surface area contributed by atoms with E-state index in [1.54, 1.807) is 12.1 Å². The third kappa shape index (κ3) is 6.21. The van der Waals surface area contributed by atoms with Crippen molar-refractivity contribution in [3.05, 3.63) is 48.0 Å². The average Bonchev–Trinajstić information content (AvgIpc) is 3.23. The Labute approximate surface area is 181 Å². The molecule has 1 amide bonds. The minimum atomic E-state index is -0.371. The van der Waals surface area contributed by atoms with E-state index in [1.165, 1.54) is 0 Å². The molecule has 1 aromatic heterocycles. The number of anilines is 1. The fraction of sp³-hybridized carbons (Fsp3) is 0.348. The zero-order chi connectivity index (χ0) is 22.1. The van der Waals surface area contributed by atoms with E-state index in [1.807, 2.05) is 51.1 Å². The average molecular weight is 425 g/mol. The number of carbonyl (C=O) groups excluding carboxylic acids is 1. The van der Waals surface area contributed by atoms with E-state index in [9.17, 15) is 4.79 Å². The van der Waals surface area contributed by atoms with Crippen LogP contribution in [0.1, 0.15) is 32.3 Å². The molecule has 0 unspecified atom stereocenters. The summed E-state index contributed by atoms with van der Waals surface area (Å²) in [6.45, 7) is 7.02. The largest absolute Gasteiger partial charge is 0.490 e. The molecule has 0 fully saturated rings. The molecule has 0 bridgehead atoms. The molecule has 0 aliphatic rings. The van der Waals surface area contributed by atoms with Gasteiger partial charge in [0, 0.05) is 5.56 Å². The lowest BCUT2D eigenvalue weighted by Crippen LogP contribution is -2.20. The van der Waals surface area contributed by atoms with Crippen LogP contribution in [0.2, 0.25) is 0 Å². The van der Waals surface area contributed by atoms with Crippen LogP contribution < -0.4 is 19.5 Å². The van der Waals surface area contributed by atoms with Crippen LogP contribution >= 0.6 is 0 Å². The third-order valence-corrected chi connectivity index (χ3v) is 4.25. The van der Waals surface area contributed by atoms with Crippen molar-refractivity contribution in [2.24, 2.45) is 0 Å². The molecule has 0 radical (unpaired) electrons. The van der Waals surface area contributed by atoms with Gasteiger partial charge in [-0.15, -0.1) is 0 Å². The summed E-state index contributed by atoms with van der Waals surface area (Å²) in [5.41, 5.74) is 2.13. The molecule has 3 rings (SSSR count). The van der Waals surface area contributed by atoms with Gasteiger partial charge in [0.15, 0.2) is 23.8 Å². The van der Waals surface area contributed by atoms with Gasteiger partial charge >= 0.3 is 0 Å². The van der Waals surface area contributed by atoms with E-state index in [0.717, 1.165) is 18.4 Å². The second-order valence-electron chi connectivity index (χ2n) is 6.97. The van der Waals surface area contributed by atoms with Gasteiger partial charge in [-0.1, -0.05) is 26.0 Å². The summed E-state index contributed by atoms with van der Waals surface area (Å²) >= 11 is 0. The lowest BCUT2D eigenvalue weighted by molar-refractivity contribution is -0.118. The summed E-state index contributed by atoms with van der Waals surface area (Å²) in [5, 5.41) is 10.4. The normalized spacial score (nSPS) is 10.5. The van der Waals surface area contributed by atoms with Crippen molar-refractivity contribution in [3.63, 3.8) is 0 Å². The molecule has 0 aliphatic heterocycles. The fourth-order valence-electron chi connectivity index (χ4n) is 2.79. The summed E-state index contributed by atoms with van der Waals surface area (Å²) in [6, 6.07) is 12.9. The zero-order valence-corrected chi connectivity index (χ0v) is 18.0. The maximum Gasteiger partial charge on any atom is 0.263 e. The quantitative estimate of drug-likeness (QED) is 0.478. The summed E-state index contributed by atoms with van der Waals surface area (Å²) in [6.07, 6.45) is 1.76. The highest BCUT2D eigenvalue weighted by atomic mass is 16.6. The lowest BCUT2D eigenvalue weighted by Gasteiger charge is -2.13. The fourth-order valence-corrected chi connectivity index (χ4v) is 2.79. The topological polar surface area (TPSA) is 95.7 Å². The molecule has 1 N–H and O–H groups in total. The Morgan fingerprint density at radius 2 is 1.74 bits per heavy atom. The number of amides is 1. The van der Waals surface area contributed by atoms with Crippen molar-refractivity contribution in [1.82, 2.24) is 10.3 Å². The highest BCUT2D eigenvalue weighted by Crippen LogP contribution is 2.34. The van der Waals surface area contributed by atoms with Gasteiger partial charge in [0.25, 0.3) is 5.91 Å². The predicted octanol–water partition coefficient (Wildman–Crippen LogP) is 4.64. The minimum absolute atomic E-state index is 0.162. The Kier molecular flexibility index (Phi) is 7.86. The van der Waals surface area contributed by atoms with E-state index in [2.05, 4.69) is 15.6 Å². The minimum Gasteiger partial charge on any atom is -0.490 e. The molecule has 0 atom stereocenters. The van der Waals surface area contributed by atoms with E-state index in [4.69, 9.17) is 18.8 Å². The number of aryl methyl sites for hydroxylation is 1. The first-order valence-electron chi connectivity index (χ1n) is 10.3. The first-order chi connectivity index (χ1) is 15.1. The van der Waals surface area contributed by atoms with Gasteiger partial charge in [-0.25, -0.2) is 4.63 Å². The second-order valence-corrected chi connectivity index (χ2v) is 6.97. The first kappa shape index (κ1) is 22.1. The van der Waals surface area contributed by atoms with Crippen LogP contribution in [0.25, 0.3) is 11.3 Å². The van der Waals surface area contributed by atoms with Crippen molar-refractivity contribution in [2.75, 3.05) is 25.1 Å². The van der Waals surface area contributed by atoms with Crippen LogP contribution in [0.15, 0.2) is 47.1 Å². The number of hydrogen-bond acceptors (Lipinski definition) is 7. The second kappa shape index (κ2) is 11.0. The molecule has 31 heavy (non-hydrogen) atoms. The molecule has 164 valence electrons. The number of rotatable bonds is 11. The van der Waals surface area contributed by atoms with Gasteiger partial charge in [-0.2, -0.15) is 0 Å². The number of nitrogens with zero attached hydrogens (tertiary/aromatic N) is 2. The smallest absolute Gasteiger partial charge is 0.263 e. The van der Waals surface area contributed by atoms with Crippen molar-refractivity contribution in [1.29, 1.82) is 0 Å². The highest BCUT2D eigenvalue weighted by molar-refractivity contribution is 5.94. The maximum atomic E-state index is 12.3. The van der Waals surface area contributed by atoms with E-state index in [0.29, 0.717) is 41.7 Å². The van der Waals surface area contributed by atoms with E-state index >= 15 is 0 Å². The molecule has 8 heteroatoms. The standard InChI is InChI=1S/C23H27N3O5/c1-4-11-28-19-10-9-17(14-20(19)29-12-5-2)22-23(26-31-25-22)24-21(27)15-30-18-8-6-7-16(3)13-18/h6-10,13-14H,4-5,11-12,15H2,1-3H3,(H,24,26,27). The van der Waals surface area contributed by atoms with Crippen molar-refractivity contribution in [2.45, 2.75) is 33.6 Å². The molecular weight excluding hydrogens is 398 g/mol. The number of hydrogen-bond donors (Lipinski definition) is 1. The SMILES string of the molecule is CCCOc1ccc(-c2nonc2NC(=O)COc2cccc(C)c2)cc1OCCC. The van der Waals surface area contributed by atoms with Gasteiger partial charge in [0.1, 0.15) is 5.75 Å². The van der Waals surface area contributed by atoms with Crippen LogP contribution in [-0.2, 0) is 4.79 Å². The molecule has 1 heterocycles. The molecular formula is C23H27N3O5. The Morgan fingerprint density at radius 3 is 2.48 bits per heavy atom. The van der Waals surface area contributed by atoms with Crippen molar-refractivity contribution < 1.29 is 23.6 Å². The number of carbonyl (C=O) groups is 1. The number of aromatic nitrogens is 2. The Hall–Kier alpha value is -3.55. The van der Waals surface area contributed by atoms with Crippen LogP contribution in [-0.4, -0.2) is 36.0 Å². The van der Waals surface area contributed by atoms with Gasteiger partial charge < -0.3 is 19.5 Å². The van der Waals surface area contributed by atoms with Gasteiger partial charge in [-0.3, -0.25) is 4.79 Å². The van der Waals surface area contributed by atoms with Gasteiger partial charge in [0.05, 0.1) is 13.2 Å². The molecule has 3 aromatic rings. The van der Waals surface area contributed by atoms with Crippen molar-refractivity contribution in [3.8, 4) is 28.5 Å². The molecule has 2 aromatic carbocycles. The zero-order valence-electron chi connectivity index (χ0n) is 18.0. The molecule has 8 nitrogen and oxygen atoms in total. The Morgan fingerprint density at radius 1 is 0.968 bits per heavy atom. The number of ether oxygens (including phenoxy) is 3. The Balaban J connectivity index is 1.71. The van der Waals surface area contributed by atoms with Crippen molar-refractivity contribution >= 4 is 11.7 Å².